The first kappa shape index (κ1) is 23.2. The van der Waals surface area contributed by atoms with Gasteiger partial charge in [0.1, 0.15) is 24.4 Å². The van der Waals surface area contributed by atoms with Crippen LogP contribution in [0.3, 0.4) is 0 Å². The Hall–Kier alpha value is 0.210. The summed E-state index contributed by atoms with van der Waals surface area (Å²) < 4.78 is 45.5. The third-order valence-electron chi connectivity index (χ3n) is 3.18. The van der Waals surface area contributed by atoms with Crippen LogP contribution in [0.5, 0.6) is 0 Å². The van der Waals surface area contributed by atoms with Crippen molar-refractivity contribution in [3.8, 4) is 0 Å². The maximum atomic E-state index is 11.0. The Labute approximate surface area is 139 Å². The molecule has 25 heavy (non-hydrogen) atoms. The molecule has 0 radical (unpaired) electrons. The molecule has 0 aromatic rings. The lowest BCUT2D eigenvalue weighted by Crippen LogP contribution is -2.63. The van der Waals surface area contributed by atoms with Gasteiger partial charge in [-0.25, -0.2) is 13.7 Å². The highest BCUT2D eigenvalue weighted by molar-refractivity contribution is 7.46. The normalized spacial score (nSPS) is 34.9. The van der Waals surface area contributed by atoms with Crippen LogP contribution in [0.15, 0.2) is 0 Å². The monoisotopic (exact) mass is 434 g/mol. The molecule has 1 saturated carbocycles. The number of phosphoric acid groups is 3. The lowest BCUT2D eigenvalue weighted by atomic mass is 9.79. The Morgan fingerprint density at radius 3 is 1.36 bits per heavy atom. The Balaban J connectivity index is 3.32. The Morgan fingerprint density at radius 1 is 0.640 bits per heavy atom. The lowest BCUT2D eigenvalue weighted by Gasteiger charge is -2.45. The van der Waals surface area contributed by atoms with Crippen LogP contribution in [0.1, 0.15) is 0 Å². The molecular formula is C7H17O15P3. The summed E-state index contributed by atoms with van der Waals surface area (Å²) in [5, 5.41) is 29.2. The van der Waals surface area contributed by atoms with Crippen molar-refractivity contribution < 1.29 is 71.9 Å². The molecule has 18 heteroatoms. The lowest BCUT2D eigenvalue weighted by molar-refractivity contribution is -0.198. The van der Waals surface area contributed by atoms with Crippen molar-refractivity contribution >= 4 is 23.5 Å². The molecule has 150 valence electrons. The summed E-state index contributed by atoms with van der Waals surface area (Å²) >= 11 is 0. The molecule has 15 nitrogen and oxygen atoms in total. The van der Waals surface area contributed by atoms with Crippen LogP contribution in [-0.2, 0) is 27.3 Å². The van der Waals surface area contributed by atoms with E-state index in [9.17, 15) is 29.0 Å². The summed E-state index contributed by atoms with van der Waals surface area (Å²) in [7, 11) is -16.1. The van der Waals surface area contributed by atoms with Crippen LogP contribution in [0, 0.1) is 5.92 Å². The fourth-order valence-electron chi connectivity index (χ4n) is 2.34. The Kier molecular flexibility index (Phi) is 7.50. The maximum Gasteiger partial charge on any atom is 0.470 e. The summed E-state index contributed by atoms with van der Waals surface area (Å²) in [6.07, 6.45) is -11.3. The van der Waals surface area contributed by atoms with E-state index in [-0.39, 0.29) is 0 Å². The highest BCUT2D eigenvalue weighted by Gasteiger charge is 2.56. The van der Waals surface area contributed by atoms with Crippen molar-refractivity contribution in [1.82, 2.24) is 0 Å². The highest BCUT2D eigenvalue weighted by Crippen LogP contribution is 2.50. The number of hydrogen-bond acceptors (Lipinski definition) is 9. The maximum absolute atomic E-state index is 11.0. The minimum Gasteiger partial charge on any atom is -0.396 e. The van der Waals surface area contributed by atoms with Crippen molar-refractivity contribution in [2.75, 3.05) is 6.61 Å². The van der Waals surface area contributed by atoms with Gasteiger partial charge in [-0.2, -0.15) is 0 Å². The molecule has 0 bridgehead atoms. The molecule has 0 saturated heterocycles. The van der Waals surface area contributed by atoms with E-state index in [1.165, 1.54) is 0 Å². The Morgan fingerprint density at radius 2 is 1.00 bits per heavy atom. The van der Waals surface area contributed by atoms with E-state index >= 15 is 0 Å². The zero-order valence-corrected chi connectivity index (χ0v) is 14.7. The summed E-state index contributed by atoms with van der Waals surface area (Å²) in [4.78, 5) is 53.0. The summed E-state index contributed by atoms with van der Waals surface area (Å²) in [6, 6.07) is 0. The summed E-state index contributed by atoms with van der Waals surface area (Å²) in [6.45, 7) is -1.14. The molecule has 1 fully saturated rings. The van der Waals surface area contributed by atoms with Crippen molar-refractivity contribution in [2.45, 2.75) is 30.5 Å². The quantitative estimate of drug-likeness (QED) is 0.178. The third-order valence-corrected chi connectivity index (χ3v) is 4.74. The zero-order valence-electron chi connectivity index (χ0n) is 12.0. The first-order chi connectivity index (χ1) is 11.1. The SMILES string of the molecule is O=P(O)(O)O[C@@H]1[C@@H](O)[C@H](CO)[C@@H](OP(=O)(O)O)[C@H](OP(=O)(O)O)[C@H]1O. The van der Waals surface area contributed by atoms with Crippen molar-refractivity contribution in [3.63, 3.8) is 0 Å². The van der Waals surface area contributed by atoms with Gasteiger partial charge in [-0.05, 0) is 0 Å². The van der Waals surface area contributed by atoms with Crippen LogP contribution in [0.25, 0.3) is 0 Å². The Bertz CT molecular complexity index is 590. The first-order valence-electron chi connectivity index (χ1n) is 6.24. The molecule has 1 aliphatic carbocycles. The number of phosphoric ester groups is 3. The summed E-state index contributed by atoms with van der Waals surface area (Å²) in [5.74, 6) is -1.80. The second kappa shape index (κ2) is 8.07. The molecule has 1 rings (SSSR count). The van der Waals surface area contributed by atoms with E-state index < -0.39 is 66.5 Å². The van der Waals surface area contributed by atoms with E-state index in [1.54, 1.807) is 0 Å². The second-order valence-corrected chi connectivity index (χ2v) is 8.59. The number of rotatable bonds is 7. The number of aliphatic hydroxyl groups is 3. The predicted molar refractivity (Wildman–Crippen MR) is 73.3 cm³/mol. The fourth-order valence-corrected chi connectivity index (χ4v) is 4.06. The zero-order chi connectivity index (χ0) is 19.8. The van der Waals surface area contributed by atoms with E-state index in [0.717, 1.165) is 0 Å². The van der Waals surface area contributed by atoms with Gasteiger partial charge in [-0.15, -0.1) is 0 Å². The smallest absolute Gasteiger partial charge is 0.396 e. The number of hydrogen-bond donors (Lipinski definition) is 9. The summed E-state index contributed by atoms with van der Waals surface area (Å²) in [5.41, 5.74) is 0. The first-order valence-corrected chi connectivity index (χ1v) is 10.8. The molecule has 0 heterocycles. The molecule has 0 aromatic heterocycles. The van der Waals surface area contributed by atoms with Crippen molar-refractivity contribution in [2.24, 2.45) is 5.92 Å². The van der Waals surface area contributed by atoms with Gasteiger partial charge in [0.25, 0.3) is 0 Å². The third kappa shape index (κ3) is 7.03. The largest absolute Gasteiger partial charge is 0.470 e. The predicted octanol–water partition coefficient (Wildman–Crippen LogP) is -3.24. The fraction of sp³-hybridized carbons (Fsp3) is 1.00. The minimum absolute atomic E-state index is 1.14. The second-order valence-electron chi connectivity index (χ2n) is 5.01. The van der Waals surface area contributed by atoms with Crippen LogP contribution in [0.4, 0.5) is 0 Å². The van der Waals surface area contributed by atoms with Crippen LogP contribution in [0.2, 0.25) is 0 Å². The van der Waals surface area contributed by atoms with Crippen LogP contribution in [-0.4, -0.2) is 81.8 Å². The molecule has 0 amide bonds. The van der Waals surface area contributed by atoms with Crippen molar-refractivity contribution in [3.05, 3.63) is 0 Å². The van der Waals surface area contributed by atoms with Gasteiger partial charge < -0.3 is 44.7 Å². The van der Waals surface area contributed by atoms with E-state index in [2.05, 4.69) is 13.6 Å². The molecule has 9 N–H and O–H groups in total. The van der Waals surface area contributed by atoms with Gasteiger partial charge in [-0.3, -0.25) is 13.6 Å². The van der Waals surface area contributed by atoms with Gasteiger partial charge in [0.05, 0.1) is 12.7 Å². The molecule has 6 atom stereocenters. The molecule has 0 unspecified atom stereocenters. The average molecular weight is 434 g/mol. The van der Waals surface area contributed by atoms with E-state index in [4.69, 9.17) is 29.4 Å². The highest BCUT2D eigenvalue weighted by atomic mass is 31.2. The van der Waals surface area contributed by atoms with E-state index in [1.807, 2.05) is 0 Å². The van der Waals surface area contributed by atoms with Gasteiger partial charge in [0, 0.05) is 5.92 Å². The topological polar surface area (TPSA) is 261 Å². The minimum atomic E-state index is -5.41. The number of aliphatic hydroxyl groups excluding tert-OH is 3. The molecule has 0 spiro atoms. The average Bonchev–Trinajstić information content (AvgIpc) is 2.36. The molecule has 0 aromatic carbocycles. The van der Waals surface area contributed by atoms with Crippen LogP contribution >= 0.6 is 23.5 Å². The van der Waals surface area contributed by atoms with Crippen LogP contribution < -0.4 is 0 Å². The van der Waals surface area contributed by atoms with Gasteiger partial charge >= 0.3 is 23.5 Å². The molecule has 1 aliphatic rings. The van der Waals surface area contributed by atoms with Gasteiger partial charge in [0.2, 0.25) is 0 Å². The molecular weight excluding hydrogens is 417 g/mol. The van der Waals surface area contributed by atoms with Crippen molar-refractivity contribution in [1.29, 1.82) is 0 Å². The van der Waals surface area contributed by atoms with E-state index in [0.29, 0.717) is 0 Å². The standard InChI is InChI=1S/C7H17O15P3/c8-1-2-3(9)6(21-24(14,15)16)4(10)7(22-25(17,18)19)5(2)20-23(11,12)13/h2-10H,1H2,(H2,11,12,13)(H2,14,15,16)(H2,17,18,19)/t2-,3-,4-,5+,6+,7+/m0/s1. The van der Waals surface area contributed by atoms with Gasteiger partial charge in [-0.1, -0.05) is 0 Å². The molecule has 0 aliphatic heterocycles. The van der Waals surface area contributed by atoms with Gasteiger partial charge in [0.15, 0.2) is 0 Å².